The van der Waals surface area contributed by atoms with E-state index in [0.717, 1.165) is 43.3 Å². The van der Waals surface area contributed by atoms with Crippen molar-refractivity contribution in [3.05, 3.63) is 17.5 Å². The Morgan fingerprint density at radius 2 is 2.42 bits per heavy atom. The molecule has 1 aliphatic heterocycles. The van der Waals surface area contributed by atoms with E-state index in [1.807, 2.05) is 17.9 Å². The maximum absolute atomic E-state index is 12.2. The number of hydrogen-bond donors (Lipinski definition) is 1. The summed E-state index contributed by atoms with van der Waals surface area (Å²) in [5.74, 6) is 2.26. The second-order valence-corrected chi connectivity index (χ2v) is 5.88. The van der Waals surface area contributed by atoms with Gasteiger partial charge in [0.05, 0.1) is 11.7 Å². The SMILES string of the molecule is Cc1cc(C2CCCN2C(=O)NCC2CC2C)on1. The predicted octanol–water partition coefficient (Wildman–Crippen LogP) is 2.49. The van der Waals surface area contributed by atoms with Gasteiger partial charge in [0, 0.05) is 19.2 Å². The fraction of sp³-hybridized carbons (Fsp3) is 0.714. The van der Waals surface area contributed by atoms with Crippen LogP contribution in [0.1, 0.15) is 43.7 Å². The highest BCUT2D eigenvalue weighted by molar-refractivity contribution is 5.75. The number of carbonyl (C=O) groups excluding carboxylic acids is 1. The van der Waals surface area contributed by atoms with E-state index in [1.165, 1.54) is 6.42 Å². The van der Waals surface area contributed by atoms with Gasteiger partial charge >= 0.3 is 6.03 Å². The number of amides is 2. The summed E-state index contributed by atoms with van der Waals surface area (Å²) in [5.41, 5.74) is 0.870. The smallest absolute Gasteiger partial charge is 0.318 e. The van der Waals surface area contributed by atoms with Crippen LogP contribution < -0.4 is 5.32 Å². The van der Waals surface area contributed by atoms with Gasteiger partial charge in [-0.05, 0) is 38.0 Å². The number of carbonyl (C=O) groups is 1. The van der Waals surface area contributed by atoms with Gasteiger partial charge in [-0.2, -0.15) is 0 Å². The summed E-state index contributed by atoms with van der Waals surface area (Å²) < 4.78 is 5.31. The molecular formula is C14H21N3O2. The molecule has 3 rings (SSSR count). The van der Waals surface area contributed by atoms with E-state index in [0.29, 0.717) is 5.92 Å². The zero-order chi connectivity index (χ0) is 13.4. The standard InChI is InChI=1S/C14H21N3O2/c1-9-6-11(9)8-15-14(18)17-5-3-4-12(17)13-7-10(2)16-19-13/h7,9,11-12H,3-6,8H2,1-2H3,(H,15,18). The number of hydrogen-bond acceptors (Lipinski definition) is 3. The summed E-state index contributed by atoms with van der Waals surface area (Å²) in [5, 5.41) is 6.96. The van der Waals surface area contributed by atoms with Gasteiger partial charge in [-0.3, -0.25) is 0 Å². The molecule has 1 saturated carbocycles. The molecule has 5 heteroatoms. The van der Waals surface area contributed by atoms with Crippen LogP contribution in [0.4, 0.5) is 4.79 Å². The second-order valence-electron chi connectivity index (χ2n) is 5.88. The first-order valence-corrected chi connectivity index (χ1v) is 7.13. The molecule has 0 bridgehead atoms. The van der Waals surface area contributed by atoms with Crippen LogP contribution in [-0.4, -0.2) is 29.2 Å². The van der Waals surface area contributed by atoms with Crippen LogP contribution in [0.25, 0.3) is 0 Å². The van der Waals surface area contributed by atoms with Crippen LogP contribution in [0.3, 0.4) is 0 Å². The van der Waals surface area contributed by atoms with Crippen molar-refractivity contribution in [2.75, 3.05) is 13.1 Å². The van der Waals surface area contributed by atoms with Crippen molar-refractivity contribution in [1.82, 2.24) is 15.4 Å². The van der Waals surface area contributed by atoms with Gasteiger partial charge in [-0.1, -0.05) is 12.1 Å². The van der Waals surface area contributed by atoms with Gasteiger partial charge in [0.25, 0.3) is 0 Å². The molecule has 1 aromatic rings. The number of urea groups is 1. The average molecular weight is 263 g/mol. The Kier molecular flexibility index (Phi) is 3.21. The third-order valence-corrected chi connectivity index (χ3v) is 4.28. The van der Waals surface area contributed by atoms with Crippen molar-refractivity contribution in [2.45, 2.75) is 39.2 Å². The van der Waals surface area contributed by atoms with Gasteiger partial charge in [-0.25, -0.2) is 4.79 Å². The van der Waals surface area contributed by atoms with Crippen molar-refractivity contribution in [1.29, 1.82) is 0 Å². The number of rotatable bonds is 3. The third-order valence-electron chi connectivity index (χ3n) is 4.28. The lowest BCUT2D eigenvalue weighted by Gasteiger charge is -2.23. The Hall–Kier alpha value is -1.52. The van der Waals surface area contributed by atoms with Crippen molar-refractivity contribution >= 4 is 6.03 Å². The number of aromatic nitrogens is 1. The molecule has 1 N–H and O–H groups in total. The van der Waals surface area contributed by atoms with Gasteiger partial charge in [0.15, 0.2) is 5.76 Å². The van der Waals surface area contributed by atoms with E-state index < -0.39 is 0 Å². The predicted molar refractivity (Wildman–Crippen MR) is 70.6 cm³/mol. The van der Waals surface area contributed by atoms with Crippen molar-refractivity contribution in [2.24, 2.45) is 11.8 Å². The van der Waals surface area contributed by atoms with E-state index in [9.17, 15) is 4.79 Å². The average Bonchev–Trinajstić information content (AvgIpc) is 2.84. The van der Waals surface area contributed by atoms with Crippen LogP contribution in [0.5, 0.6) is 0 Å². The number of likely N-dealkylation sites (tertiary alicyclic amines) is 1. The molecule has 3 atom stereocenters. The number of nitrogens with one attached hydrogen (secondary N) is 1. The third kappa shape index (κ3) is 2.60. The molecule has 0 spiro atoms. The van der Waals surface area contributed by atoms with Gasteiger partial charge < -0.3 is 14.7 Å². The summed E-state index contributed by atoms with van der Waals surface area (Å²) in [6.45, 7) is 5.74. The van der Waals surface area contributed by atoms with Gasteiger partial charge in [0.1, 0.15) is 0 Å². The topological polar surface area (TPSA) is 58.4 Å². The van der Waals surface area contributed by atoms with Crippen LogP contribution in [-0.2, 0) is 0 Å². The molecule has 0 radical (unpaired) electrons. The van der Waals surface area contributed by atoms with Crippen molar-refractivity contribution < 1.29 is 9.32 Å². The minimum Gasteiger partial charge on any atom is -0.359 e. The summed E-state index contributed by atoms with van der Waals surface area (Å²) >= 11 is 0. The first-order chi connectivity index (χ1) is 9.15. The number of nitrogens with zero attached hydrogens (tertiary/aromatic N) is 2. The molecule has 1 aromatic heterocycles. The quantitative estimate of drug-likeness (QED) is 0.911. The summed E-state index contributed by atoms with van der Waals surface area (Å²) in [4.78, 5) is 14.1. The largest absolute Gasteiger partial charge is 0.359 e. The number of aryl methyl sites for hydroxylation is 1. The summed E-state index contributed by atoms with van der Waals surface area (Å²) in [6, 6.07) is 2.02. The molecule has 0 aromatic carbocycles. The maximum atomic E-state index is 12.2. The first kappa shape index (κ1) is 12.5. The molecule has 2 heterocycles. The maximum Gasteiger partial charge on any atom is 0.318 e. The van der Waals surface area contributed by atoms with Crippen LogP contribution >= 0.6 is 0 Å². The molecule has 1 aliphatic carbocycles. The van der Waals surface area contributed by atoms with Crippen LogP contribution in [0.2, 0.25) is 0 Å². The Labute approximate surface area is 113 Å². The van der Waals surface area contributed by atoms with E-state index >= 15 is 0 Å². The normalized spacial score (nSPS) is 29.6. The molecule has 1 saturated heterocycles. The van der Waals surface area contributed by atoms with Crippen molar-refractivity contribution in [3.8, 4) is 0 Å². The highest BCUT2D eigenvalue weighted by atomic mass is 16.5. The molecule has 19 heavy (non-hydrogen) atoms. The van der Waals surface area contributed by atoms with E-state index in [1.54, 1.807) is 0 Å². The highest BCUT2D eigenvalue weighted by Crippen LogP contribution is 2.37. The Morgan fingerprint density at radius 3 is 3.05 bits per heavy atom. The fourth-order valence-corrected chi connectivity index (χ4v) is 2.85. The lowest BCUT2D eigenvalue weighted by molar-refractivity contribution is 0.182. The molecular weight excluding hydrogens is 242 g/mol. The minimum absolute atomic E-state index is 0.0376. The lowest BCUT2D eigenvalue weighted by atomic mass is 10.1. The molecule has 5 nitrogen and oxygen atoms in total. The minimum atomic E-state index is 0.0376. The lowest BCUT2D eigenvalue weighted by Crippen LogP contribution is -2.40. The zero-order valence-electron chi connectivity index (χ0n) is 11.6. The van der Waals surface area contributed by atoms with E-state index in [4.69, 9.17) is 4.52 Å². The zero-order valence-corrected chi connectivity index (χ0v) is 11.6. The first-order valence-electron chi connectivity index (χ1n) is 7.13. The van der Waals surface area contributed by atoms with E-state index in [-0.39, 0.29) is 12.1 Å². The molecule has 2 amide bonds. The molecule has 104 valence electrons. The molecule has 2 fully saturated rings. The van der Waals surface area contributed by atoms with Crippen molar-refractivity contribution in [3.63, 3.8) is 0 Å². The molecule has 3 unspecified atom stereocenters. The Morgan fingerprint density at radius 1 is 1.63 bits per heavy atom. The van der Waals surface area contributed by atoms with Crippen LogP contribution in [0, 0.1) is 18.8 Å². The summed E-state index contributed by atoms with van der Waals surface area (Å²) in [7, 11) is 0. The Balaban J connectivity index is 1.60. The van der Waals surface area contributed by atoms with Crippen LogP contribution in [0.15, 0.2) is 10.6 Å². The van der Waals surface area contributed by atoms with Gasteiger partial charge in [0.2, 0.25) is 0 Å². The highest BCUT2D eigenvalue weighted by Gasteiger charge is 2.35. The van der Waals surface area contributed by atoms with E-state index in [2.05, 4.69) is 17.4 Å². The molecule has 2 aliphatic rings. The monoisotopic (exact) mass is 263 g/mol. The second kappa shape index (κ2) is 4.87. The fourth-order valence-electron chi connectivity index (χ4n) is 2.85. The Bertz CT molecular complexity index is 471. The summed E-state index contributed by atoms with van der Waals surface area (Å²) in [6.07, 6.45) is 3.23. The van der Waals surface area contributed by atoms with Gasteiger partial charge in [-0.15, -0.1) is 0 Å².